The Kier molecular flexibility index (Phi) is 5.80. The Labute approximate surface area is 158 Å². The van der Waals surface area contributed by atoms with E-state index >= 15 is 0 Å². The van der Waals surface area contributed by atoms with Crippen molar-refractivity contribution < 1.29 is 4.79 Å². The van der Waals surface area contributed by atoms with Crippen molar-refractivity contribution >= 4 is 17.7 Å². The van der Waals surface area contributed by atoms with Gasteiger partial charge >= 0.3 is 0 Å². The molecule has 0 aliphatic carbocycles. The molecule has 1 amide bonds. The molecule has 0 bridgehead atoms. The van der Waals surface area contributed by atoms with Crippen molar-refractivity contribution in [2.45, 2.75) is 19.9 Å². The summed E-state index contributed by atoms with van der Waals surface area (Å²) >= 11 is 0. The number of rotatable bonds is 6. The lowest BCUT2D eigenvalue weighted by Gasteiger charge is -2.05. The summed E-state index contributed by atoms with van der Waals surface area (Å²) in [4.78, 5) is 12.4. The molecule has 2 aromatic carbocycles. The van der Waals surface area contributed by atoms with Gasteiger partial charge in [-0.1, -0.05) is 49.4 Å². The number of benzene rings is 2. The maximum Gasteiger partial charge on any atom is 0.266 e. The first kappa shape index (κ1) is 18.2. The first-order chi connectivity index (χ1) is 13.2. The van der Waals surface area contributed by atoms with Crippen LogP contribution in [0.25, 0.3) is 6.08 Å². The average Bonchev–Trinajstić information content (AvgIpc) is 3.14. The molecule has 0 spiro atoms. The molecular formula is C22H20N4O. The van der Waals surface area contributed by atoms with Crippen LogP contribution in [0.1, 0.15) is 23.6 Å². The lowest BCUT2D eigenvalue weighted by molar-refractivity contribution is -0.112. The molecule has 0 fully saturated rings. The largest absolute Gasteiger partial charge is 0.321 e. The fraction of sp³-hybridized carbons (Fsp3) is 0.136. The van der Waals surface area contributed by atoms with Gasteiger partial charge in [-0.25, -0.2) is 0 Å². The van der Waals surface area contributed by atoms with Crippen LogP contribution in [0.2, 0.25) is 0 Å². The zero-order chi connectivity index (χ0) is 19.1. The predicted molar refractivity (Wildman–Crippen MR) is 106 cm³/mol. The molecule has 1 N–H and O–H groups in total. The molecule has 0 saturated carbocycles. The predicted octanol–water partition coefficient (Wildman–Crippen LogP) is 4.04. The van der Waals surface area contributed by atoms with Gasteiger partial charge in [0.2, 0.25) is 0 Å². The summed E-state index contributed by atoms with van der Waals surface area (Å²) in [5.41, 5.74) is 3.73. The second-order valence-corrected chi connectivity index (χ2v) is 6.13. The molecule has 3 rings (SSSR count). The van der Waals surface area contributed by atoms with Crippen molar-refractivity contribution in [3.8, 4) is 6.07 Å². The molecule has 0 unspecified atom stereocenters. The van der Waals surface area contributed by atoms with Gasteiger partial charge in [0.05, 0.1) is 12.7 Å². The lowest BCUT2D eigenvalue weighted by atomic mass is 10.1. The van der Waals surface area contributed by atoms with Crippen LogP contribution >= 0.6 is 0 Å². The van der Waals surface area contributed by atoms with Gasteiger partial charge in [0.1, 0.15) is 11.6 Å². The van der Waals surface area contributed by atoms with E-state index in [0.717, 1.165) is 12.0 Å². The van der Waals surface area contributed by atoms with E-state index in [0.29, 0.717) is 17.8 Å². The summed E-state index contributed by atoms with van der Waals surface area (Å²) < 4.78 is 1.78. The zero-order valence-corrected chi connectivity index (χ0v) is 15.1. The average molecular weight is 356 g/mol. The number of carbonyl (C=O) groups excluding carboxylic acids is 1. The minimum Gasteiger partial charge on any atom is -0.321 e. The summed E-state index contributed by atoms with van der Waals surface area (Å²) in [6.07, 6.45) is 5.94. The molecule has 5 heteroatoms. The molecular weight excluding hydrogens is 336 g/mol. The maximum atomic E-state index is 12.4. The second kappa shape index (κ2) is 8.63. The van der Waals surface area contributed by atoms with Gasteiger partial charge in [0.15, 0.2) is 0 Å². The van der Waals surface area contributed by atoms with Gasteiger partial charge in [-0.2, -0.15) is 10.4 Å². The normalized spacial score (nSPS) is 11.0. The molecule has 0 radical (unpaired) electrons. The fourth-order valence-electron chi connectivity index (χ4n) is 2.65. The van der Waals surface area contributed by atoms with E-state index < -0.39 is 5.91 Å². The van der Waals surface area contributed by atoms with E-state index in [1.54, 1.807) is 17.0 Å². The summed E-state index contributed by atoms with van der Waals surface area (Å²) in [5.74, 6) is -0.433. The van der Waals surface area contributed by atoms with Gasteiger partial charge in [-0.3, -0.25) is 9.48 Å². The molecule has 5 nitrogen and oxygen atoms in total. The Balaban J connectivity index is 1.70. The van der Waals surface area contributed by atoms with Crippen molar-refractivity contribution in [3.05, 3.63) is 89.3 Å². The smallest absolute Gasteiger partial charge is 0.266 e. The molecule has 1 aromatic heterocycles. The lowest BCUT2D eigenvalue weighted by Crippen LogP contribution is -2.13. The number of amides is 1. The zero-order valence-electron chi connectivity index (χ0n) is 15.1. The van der Waals surface area contributed by atoms with Crippen molar-refractivity contribution in [3.63, 3.8) is 0 Å². The number of hydrogen-bond donors (Lipinski definition) is 1. The van der Waals surface area contributed by atoms with Crippen molar-refractivity contribution in [2.24, 2.45) is 0 Å². The van der Waals surface area contributed by atoms with Crippen LogP contribution in [0.5, 0.6) is 0 Å². The summed E-state index contributed by atoms with van der Waals surface area (Å²) in [6.45, 7) is 2.70. The molecule has 134 valence electrons. The number of anilines is 1. The molecule has 3 aromatic rings. The molecule has 0 saturated heterocycles. The van der Waals surface area contributed by atoms with E-state index in [9.17, 15) is 10.1 Å². The highest BCUT2D eigenvalue weighted by molar-refractivity contribution is 6.09. The highest BCUT2D eigenvalue weighted by Gasteiger charge is 2.10. The first-order valence-electron chi connectivity index (χ1n) is 8.76. The summed E-state index contributed by atoms with van der Waals surface area (Å²) in [5, 5.41) is 16.4. The van der Waals surface area contributed by atoms with Crippen LogP contribution in [0.3, 0.4) is 0 Å². The molecule has 0 aliphatic rings. The van der Waals surface area contributed by atoms with Crippen LogP contribution in [-0.2, 0) is 17.8 Å². The maximum absolute atomic E-state index is 12.4. The standard InChI is InChI=1S/C22H20N4O/c1-2-17-8-10-21(11-9-17)25-22(27)20(13-23)12-19-14-24-26(16-19)15-18-6-4-3-5-7-18/h3-12,14,16H,2,15H2,1H3,(H,25,27)/b20-12+. The third-order valence-electron chi connectivity index (χ3n) is 4.14. The van der Waals surface area contributed by atoms with E-state index in [2.05, 4.69) is 17.3 Å². The van der Waals surface area contributed by atoms with Crippen molar-refractivity contribution in [2.75, 3.05) is 5.32 Å². The number of nitrogens with one attached hydrogen (secondary N) is 1. The fourth-order valence-corrected chi connectivity index (χ4v) is 2.65. The van der Waals surface area contributed by atoms with E-state index in [4.69, 9.17) is 0 Å². The van der Waals surface area contributed by atoms with E-state index in [-0.39, 0.29) is 5.57 Å². The topological polar surface area (TPSA) is 70.7 Å². The highest BCUT2D eigenvalue weighted by Crippen LogP contribution is 2.13. The Bertz CT molecular complexity index is 979. The van der Waals surface area contributed by atoms with E-state index in [1.165, 1.54) is 5.56 Å². The molecule has 27 heavy (non-hydrogen) atoms. The van der Waals surface area contributed by atoms with Gasteiger partial charge in [0, 0.05) is 17.4 Å². The summed E-state index contributed by atoms with van der Waals surface area (Å²) in [7, 11) is 0. The van der Waals surface area contributed by atoms with Gasteiger partial charge in [0.25, 0.3) is 5.91 Å². The minimum atomic E-state index is -0.433. The van der Waals surface area contributed by atoms with Crippen LogP contribution in [0.4, 0.5) is 5.69 Å². The van der Waals surface area contributed by atoms with Crippen molar-refractivity contribution in [1.82, 2.24) is 9.78 Å². The van der Waals surface area contributed by atoms with Gasteiger partial charge < -0.3 is 5.32 Å². The number of carbonyl (C=O) groups is 1. The molecule has 1 heterocycles. The molecule has 0 atom stereocenters. The summed E-state index contributed by atoms with van der Waals surface area (Å²) in [6, 6.07) is 19.5. The van der Waals surface area contributed by atoms with E-state index in [1.807, 2.05) is 66.9 Å². The monoisotopic (exact) mass is 356 g/mol. The number of aromatic nitrogens is 2. The first-order valence-corrected chi connectivity index (χ1v) is 8.76. The number of nitrogens with zero attached hydrogens (tertiary/aromatic N) is 3. The second-order valence-electron chi connectivity index (χ2n) is 6.13. The third kappa shape index (κ3) is 4.93. The highest BCUT2D eigenvalue weighted by atomic mass is 16.1. The minimum absolute atomic E-state index is 0.0360. The van der Waals surface area contributed by atoms with Crippen LogP contribution in [0, 0.1) is 11.3 Å². The quantitative estimate of drug-likeness (QED) is 0.535. The Morgan fingerprint density at radius 3 is 2.56 bits per heavy atom. The number of nitriles is 1. The van der Waals surface area contributed by atoms with Gasteiger partial charge in [-0.05, 0) is 35.8 Å². The van der Waals surface area contributed by atoms with Crippen LogP contribution in [-0.4, -0.2) is 15.7 Å². The van der Waals surface area contributed by atoms with Crippen LogP contribution in [0.15, 0.2) is 72.6 Å². The SMILES string of the molecule is CCc1ccc(NC(=O)/C(C#N)=C/c2cnn(Cc3ccccc3)c2)cc1. The Morgan fingerprint density at radius 2 is 1.89 bits per heavy atom. The Hall–Kier alpha value is -3.65. The van der Waals surface area contributed by atoms with Crippen LogP contribution < -0.4 is 5.32 Å². The number of aryl methyl sites for hydroxylation is 1. The number of hydrogen-bond acceptors (Lipinski definition) is 3. The Morgan fingerprint density at radius 1 is 1.15 bits per heavy atom. The molecule has 0 aliphatic heterocycles. The third-order valence-corrected chi connectivity index (χ3v) is 4.14. The van der Waals surface area contributed by atoms with Crippen molar-refractivity contribution in [1.29, 1.82) is 5.26 Å². The van der Waals surface area contributed by atoms with Gasteiger partial charge in [-0.15, -0.1) is 0 Å².